The molecule has 1 N–H and O–H groups in total. The lowest BCUT2D eigenvalue weighted by Gasteiger charge is -2.30. The fourth-order valence-electron chi connectivity index (χ4n) is 2.76. The van der Waals surface area contributed by atoms with E-state index in [0.717, 1.165) is 13.0 Å². The van der Waals surface area contributed by atoms with Gasteiger partial charge in [-0.05, 0) is 31.7 Å². The summed E-state index contributed by atoms with van der Waals surface area (Å²) in [6.45, 7) is 3.08. The molecule has 2 atom stereocenters. The van der Waals surface area contributed by atoms with Crippen LogP contribution in [0.4, 0.5) is 0 Å². The molecule has 1 aliphatic carbocycles. The monoisotopic (exact) mass is 323 g/mol. The first-order valence-electron chi connectivity index (χ1n) is 7.68. The summed E-state index contributed by atoms with van der Waals surface area (Å²) in [5.41, 5.74) is 0. The lowest BCUT2D eigenvalue weighted by Crippen LogP contribution is -2.42. The Morgan fingerprint density at radius 2 is 1.90 bits per heavy atom. The summed E-state index contributed by atoms with van der Waals surface area (Å²) in [5.74, 6) is 1.51. The van der Waals surface area contributed by atoms with Crippen molar-refractivity contribution in [1.29, 1.82) is 0 Å². The predicted octanol–water partition coefficient (Wildman–Crippen LogP) is 1.73. The van der Waals surface area contributed by atoms with Crippen LogP contribution in [0.3, 0.4) is 0 Å². The van der Waals surface area contributed by atoms with Crippen molar-refractivity contribution < 1.29 is 12.6 Å². The lowest BCUT2D eigenvalue weighted by atomic mass is 9.84. The van der Waals surface area contributed by atoms with Gasteiger partial charge in [0.15, 0.2) is 0 Å². The normalized spacial score (nSPS) is 20.7. The molecule has 1 rings (SSSR count). The largest absolute Gasteiger partial charge is 0.313 e. The molecule has 6 heteroatoms. The highest BCUT2D eigenvalue weighted by atomic mass is 32.2. The van der Waals surface area contributed by atoms with Gasteiger partial charge in [0.25, 0.3) is 0 Å². The molecular weight excluding hydrogens is 294 g/mol. The summed E-state index contributed by atoms with van der Waals surface area (Å²) in [6, 6.07) is 0.288. The van der Waals surface area contributed by atoms with Crippen molar-refractivity contribution in [2.24, 2.45) is 5.92 Å². The summed E-state index contributed by atoms with van der Waals surface area (Å²) in [5, 5.41) is 3.52. The van der Waals surface area contributed by atoms with Crippen molar-refractivity contribution >= 4 is 20.6 Å². The zero-order valence-corrected chi connectivity index (χ0v) is 14.4. The Labute approximate surface area is 126 Å². The molecule has 0 saturated heterocycles. The highest BCUT2D eigenvalue weighted by molar-refractivity contribution is 7.92. The average molecular weight is 324 g/mol. The second kappa shape index (κ2) is 9.15. The zero-order valence-electron chi connectivity index (χ0n) is 12.8. The molecule has 0 bridgehead atoms. The topological polar surface area (TPSA) is 63.2 Å². The highest BCUT2D eigenvalue weighted by Gasteiger charge is 2.25. The summed E-state index contributed by atoms with van der Waals surface area (Å²) < 4.78 is 34.4. The van der Waals surface area contributed by atoms with Crippen LogP contribution in [-0.4, -0.2) is 48.7 Å². The molecule has 120 valence electrons. The molecule has 1 saturated carbocycles. The second-order valence-electron chi connectivity index (χ2n) is 5.90. The molecule has 1 aliphatic rings. The fourth-order valence-corrected chi connectivity index (χ4v) is 5.67. The maximum atomic E-state index is 12.1. The van der Waals surface area contributed by atoms with E-state index >= 15 is 0 Å². The molecule has 1 fully saturated rings. The molecule has 20 heavy (non-hydrogen) atoms. The third-order valence-electron chi connectivity index (χ3n) is 3.92. The highest BCUT2D eigenvalue weighted by Crippen LogP contribution is 2.27. The minimum absolute atomic E-state index is 0.0325. The van der Waals surface area contributed by atoms with Crippen LogP contribution >= 0.6 is 0 Å². The van der Waals surface area contributed by atoms with Crippen LogP contribution in [0.2, 0.25) is 0 Å². The maximum absolute atomic E-state index is 12.1. The van der Waals surface area contributed by atoms with Crippen molar-refractivity contribution in [2.75, 3.05) is 30.1 Å². The van der Waals surface area contributed by atoms with Crippen LogP contribution in [0.25, 0.3) is 0 Å². The van der Waals surface area contributed by atoms with E-state index in [1.54, 1.807) is 0 Å². The number of rotatable bonds is 9. The number of sulfone groups is 1. The van der Waals surface area contributed by atoms with Gasteiger partial charge in [0.2, 0.25) is 0 Å². The van der Waals surface area contributed by atoms with Crippen LogP contribution in [0.5, 0.6) is 0 Å². The van der Waals surface area contributed by atoms with Gasteiger partial charge in [0, 0.05) is 34.6 Å². The van der Waals surface area contributed by atoms with E-state index in [-0.39, 0.29) is 17.5 Å². The molecule has 0 aliphatic heterocycles. The Bertz CT molecular complexity index is 389. The Morgan fingerprint density at radius 3 is 2.45 bits per heavy atom. The van der Waals surface area contributed by atoms with E-state index in [1.165, 1.54) is 38.4 Å². The Balaban J connectivity index is 2.48. The van der Waals surface area contributed by atoms with E-state index in [0.29, 0.717) is 11.7 Å². The molecule has 0 amide bonds. The number of nitrogens with one attached hydrogen (secondary N) is 1. The molecule has 0 aromatic heterocycles. The van der Waals surface area contributed by atoms with Crippen LogP contribution in [0, 0.1) is 5.92 Å². The molecule has 4 nitrogen and oxygen atoms in total. The molecule has 2 unspecified atom stereocenters. The summed E-state index contributed by atoms with van der Waals surface area (Å²) in [7, 11) is -4.05. The molecule has 0 spiro atoms. The number of hydrogen-bond donors (Lipinski definition) is 1. The Kier molecular flexibility index (Phi) is 8.29. The fraction of sp³-hybridized carbons (Fsp3) is 1.00. The van der Waals surface area contributed by atoms with E-state index in [2.05, 4.69) is 12.2 Å². The van der Waals surface area contributed by atoms with Crippen LogP contribution in [-0.2, 0) is 20.6 Å². The first-order valence-corrected chi connectivity index (χ1v) is 11.2. The van der Waals surface area contributed by atoms with Gasteiger partial charge in [-0.15, -0.1) is 0 Å². The minimum atomic E-state index is -3.01. The van der Waals surface area contributed by atoms with E-state index in [9.17, 15) is 12.6 Å². The van der Waals surface area contributed by atoms with Crippen molar-refractivity contribution in [2.45, 2.75) is 51.5 Å². The first kappa shape index (κ1) is 18.1. The predicted molar refractivity (Wildman–Crippen MR) is 86.2 cm³/mol. The lowest BCUT2D eigenvalue weighted by molar-refractivity contribution is 0.284. The van der Waals surface area contributed by atoms with Crippen molar-refractivity contribution in [3.63, 3.8) is 0 Å². The van der Waals surface area contributed by atoms with Crippen LogP contribution in [0.1, 0.15) is 45.4 Å². The maximum Gasteiger partial charge on any atom is 0.148 e. The van der Waals surface area contributed by atoms with Crippen molar-refractivity contribution in [1.82, 2.24) is 5.32 Å². The molecule has 0 aromatic carbocycles. The third-order valence-corrected chi connectivity index (χ3v) is 6.52. The van der Waals surface area contributed by atoms with Gasteiger partial charge < -0.3 is 5.32 Å². The first-order chi connectivity index (χ1) is 9.42. The van der Waals surface area contributed by atoms with Crippen LogP contribution in [0.15, 0.2) is 0 Å². The van der Waals surface area contributed by atoms with Crippen molar-refractivity contribution in [3.05, 3.63) is 0 Å². The Hall–Kier alpha value is 0.0600. The van der Waals surface area contributed by atoms with E-state index < -0.39 is 20.6 Å². The quantitative estimate of drug-likeness (QED) is 0.702. The van der Waals surface area contributed by atoms with Gasteiger partial charge in [0.1, 0.15) is 9.84 Å². The van der Waals surface area contributed by atoms with Crippen molar-refractivity contribution in [3.8, 4) is 0 Å². The molecular formula is C14H29NO3S2. The minimum Gasteiger partial charge on any atom is -0.313 e. The summed E-state index contributed by atoms with van der Waals surface area (Å²) in [4.78, 5) is 0. The molecule has 0 heterocycles. The van der Waals surface area contributed by atoms with E-state index in [1.807, 2.05) is 0 Å². The summed E-state index contributed by atoms with van der Waals surface area (Å²) >= 11 is 0. The van der Waals surface area contributed by atoms with Gasteiger partial charge in [-0.1, -0.05) is 26.2 Å². The zero-order chi connectivity index (χ0) is 15.0. The SMILES string of the molecule is CCCNC(CS(=O)CCS(C)(=O)=O)C1CCCCC1. The smallest absolute Gasteiger partial charge is 0.148 e. The van der Waals surface area contributed by atoms with Gasteiger partial charge >= 0.3 is 0 Å². The standard InChI is InChI=1S/C14H29NO3S2/c1-3-9-15-14(13-7-5-4-6-8-13)12-19(16)10-11-20(2,17)18/h13-15H,3-12H2,1-2H3. The molecule has 0 radical (unpaired) electrons. The van der Waals surface area contributed by atoms with E-state index in [4.69, 9.17) is 0 Å². The average Bonchev–Trinajstić information content (AvgIpc) is 2.41. The molecule has 0 aromatic rings. The number of hydrogen-bond acceptors (Lipinski definition) is 4. The summed E-state index contributed by atoms with van der Waals surface area (Å²) in [6.07, 6.45) is 8.55. The Morgan fingerprint density at radius 1 is 1.25 bits per heavy atom. The third kappa shape index (κ3) is 7.74. The van der Waals surface area contributed by atoms with Crippen LogP contribution < -0.4 is 5.32 Å². The van der Waals surface area contributed by atoms with Gasteiger partial charge in [-0.25, -0.2) is 8.42 Å². The van der Waals surface area contributed by atoms with Gasteiger partial charge in [0.05, 0.1) is 5.75 Å². The van der Waals surface area contributed by atoms with Gasteiger partial charge in [-0.2, -0.15) is 0 Å². The van der Waals surface area contributed by atoms with Gasteiger partial charge in [-0.3, -0.25) is 4.21 Å². The second-order valence-corrected chi connectivity index (χ2v) is 9.78.